The molecule has 0 spiro atoms. The van der Waals surface area contributed by atoms with Gasteiger partial charge in [0, 0.05) is 5.56 Å². The quantitative estimate of drug-likeness (QED) is 0.347. The molecule has 6 heteroatoms. The van der Waals surface area contributed by atoms with Gasteiger partial charge in [-0.1, -0.05) is 25.5 Å². The highest BCUT2D eigenvalue weighted by atomic mass is 19.2. The molecule has 1 heterocycles. The van der Waals surface area contributed by atoms with Crippen molar-refractivity contribution in [2.75, 3.05) is 19.8 Å². The maximum atomic E-state index is 14.6. The fraction of sp³-hybridized carbons (Fsp3) is 0.655. The number of halogens is 3. The van der Waals surface area contributed by atoms with Crippen LogP contribution in [0.15, 0.2) is 30.4 Å². The number of benzene rings is 1. The molecule has 2 aliphatic carbocycles. The van der Waals surface area contributed by atoms with Crippen molar-refractivity contribution in [3.05, 3.63) is 47.6 Å². The Labute approximate surface area is 207 Å². The van der Waals surface area contributed by atoms with Crippen LogP contribution in [-0.4, -0.2) is 31.8 Å². The molecule has 1 saturated carbocycles. The second-order valence-corrected chi connectivity index (χ2v) is 10.4. The molecule has 1 atom stereocenters. The summed E-state index contributed by atoms with van der Waals surface area (Å²) in [5.74, 6) is 0.0433. The highest BCUT2D eigenvalue weighted by Crippen LogP contribution is 2.42. The molecule has 1 unspecified atom stereocenters. The first-order chi connectivity index (χ1) is 16.9. The zero-order valence-electron chi connectivity index (χ0n) is 21.0. The van der Waals surface area contributed by atoms with Crippen molar-refractivity contribution in [1.82, 2.24) is 0 Å². The Bertz CT molecular complexity index is 897. The number of allylic oxidation sites excluding steroid dienone is 3. The molecule has 35 heavy (non-hydrogen) atoms. The van der Waals surface area contributed by atoms with Crippen LogP contribution in [0, 0.1) is 29.4 Å². The standard InChI is InChI=1S/C29H39F3O3/c1-3-17-29(32)18-34-26(35-19-29)16-7-20-5-8-21(9-6-20)22-10-12-23(13-11-22)24-14-15-25(33-4-2)28(31)27(24)30/h7,12,14-16,20-22,26H,3-6,8-11,13,17-19H2,1-2H3/b16-7+. The van der Waals surface area contributed by atoms with E-state index in [4.69, 9.17) is 14.2 Å². The lowest BCUT2D eigenvalue weighted by Gasteiger charge is -2.35. The van der Waals surface area contributed by atoms with Crippen molar-refractivity contribution in [3.63, 3.8) is 0 Å². The van der Waals surface area contributed by atoms with E-state index in [9.17, 15) is 13.2 Å². The molecule has 0 amide bonds. The van der Waals surface area contributed by atoms with Crippen LogP contribution in [-0.2, 0) is 9.47 Å². The zero-order valence-corrected chi connectivity index (χ0v) is 21.0. The van der Waals surface area contributed by atoms with Gasteiger partial charge in [0.25, 0.3) is 0 Å². The SMILES string of the molecule is CCCC1(F)COC(/C=C/C2CCC(C3CC=C(c4ccc(OCC)c(F)c4F)CC3)CC2)OC1. The summed E-state index contributed by atoms with van der Waals surface area (Å²) in [6.45, 7) is 4.23. The fourth-order valence-corrected chi connectivity index (χ4v) is 5.89. The topological polar surface area (TPSA) is 27.7 Å². The van der Waals surface area contributed by atoms with Crippen LogP contribution in [0.4, 0.5) is 13.2 Å². The number of hydrogen-bond acceptors (Lipinski definition) is 3. The normalized spacial score (nSPS) is 32.0. The van der Waals surface area contributed by atoms with Gasteiger partial charge in [-0.2, -0.15) is 4.39 Å². The average Bonchev–Trinajstić information content (AvgIpc) is 2.87. The predicted octanol–water partition coefficient (Wildman–Crippen LogP) is 7.79. The van der Waals surface area contributed by atoms with Crippen molar-refractivity contribution in [3.8, 4) is 5.75 Å². The smallest absolute Gasteiger partial charge is 0.201 e. The molecule has 3 aliphatic rings. The highest BCUT2D eigenvalue weighted by molar-refractivity contribution is 5.67. The molecule has 1 saturated heterocycles. The van der Waals surface area contributed by atoms with Crippen molar-refractivity contribution in [1.29, 1.82) is 0 Å². The summed E-state index contributed by atoms with van der Waals surface area (Å²) in [6.07, 6.45) is 14.4. The molecule has 0 radical (unpaired) electrons. The van der Waals surface area contributed by atoms with E-state index in [0.717, 1.165) is 44.1 Å². The lowest BCUT2D eigenvalue weighted by Crippen LogP contribution is -2.43. The summed E-state index contributed by atoms with van der Waals surface area (Å²) in [5, 5.41) is 0. The van der Waals surface area contributed by atoms with E-state index in [1.165, 1.54) is 18.9 Å². The summed E-state index contributed by atoms with van der Waals surface area (Å²) < 4.78 is 59.7. The first-order valence-corrected chi connectivity index (χ1v) is 13.3. The summed E-state index contributed by atoms with van der Waals surface area (Å²) in [5.41, 5.74) is -0.0793. The van der Waals surface area contributed by atoms with E-state index in [1.807, 2.05) is 13.0 Å². The van der Waals surface area contributed by atoms with Crippen molar-refractivity contribution in [2.45, 2.75) is 83.6 Å². The van der Waals surface area contributed by atoms with E-state index in [1.54, 1.807) is 13.0 Å². The molecule has 4 rings (SSSR count). The maximum absolute atomic E-state index is 14.6. The van der Waals surface area contributed by atoms with Crippen LogP contribution >= 0.6 is 0 Å². The van der Waals surface area contributed by atoms with Crippen LogP contribution in [0.2, 0.25) is 0 Å². The molecule has 1 aliphatic heterocycles. The van der Waals surface area contributed by atoms with Crippen LogP contribution in [0.25, 0.3) is 5.57 Å². The Balaban J connectivity index is 1.24. The Morgan fingerprint density at radius 2 is 1.71 bits per heavy atom. The van der Waals surface area contributed by atoms with Crippen LogP contribution in [0.1, 0.15) is 77.2 Å². The third-order valence-electron chi connectivity index (χ3n) is 7.88. The molecular formula is C29H39F3O3. The molecule has 194 valence electrons. The second kappa shape index (κ2) is 12.0. The van der Waals surface area contributed by atoms with Gasteiger partial charge in [-0.3, -0.25) is 0 Å². The van der Waals surface area contributed by atoms with Gasteiger partial charge in [-0.05, 0) is 99.8 Å². The Morgan fingerprint density at radius 1 is 0.971 bits per heavy atom. The van der Waals surface area contributed by atoms with Gasteiger partial charge in [-0.25, -0.2) is 8.78 Å². The summed E-state index contributed by atoms with van der Waals surface area (Å²) in [4.78, 5) is 0. The lowest BCUT2D eigenvalue weighted by atomic mass is 9.71. The third kappa shape index (κ3) is 6.51. The van der Waals surface area contributed by atoms with Crippen molar-refractivity contribution >= 4 is 5.57 Å². The minimum Gasteiger partial charge on any atom is -0.491 e. The van der Waals surface area contributed by atoms with Gasteiger partial charge in [0.2, 0.25) is 5.82 Å². The molecular weight excluding hydrogens is 453 g/mol. The van der Waals surface area contributed by atoms with Crippen molar-refractivity contribution < 1.29 is 27.4 Å². The van der Waals surface area contributed by atoms with Gasteiger partial charge < -0.3 is 14.2 Å². The number of ether oxygens (including phenoxy) is 3. The molecule has 0 aromatic heterocycles. The molecule has 2 fully saturated rings. The van der Waals surface area contributed by atoms with E-state index in [0.29, 0.717) is 36.3 Å². The Kier molecular flexibility index (Phi) is 8.98. The third-order valence-corrected chi connectivity index (χ3v) is 7.88. The highest BCUT2D eigenvalue weighted by Gasteiger charge is 2.36. The van der Waals surface area contributed by atoms with Gasteiger partial charge in [-0.15, -0.1) is 0 Å². The Hall–Kier alpha value is -1.79. The minimum atomic E-state index is -1.35. The summed E-state index contributed by atoms with van der Waals surface area (Å²) >= 11 is 0. The monoisotopic (exact) mass is 492 g/mol. The minimum absolute atomic E-state index is 0.0255. The van der Waals surface area contributed by atoms with Crippen molar-refractivity contribution in [2.24, 2.45) is 17.8 Å². The van der Waals surface area contributed by atoms with Crippen LogP contribution < -0.4 is 4.74 Å². The first-order valence-electron chi connectivity index (χ1n) is 13.3. The Morgan fingerprint density at radius 3 is 2.34 bits per heavy atom. The van der Waals surface area contributed by atoms with E-state index in [2.05, 4.69) is 12.2 Å². The van der Waals surface area contributed by atoms with E-state index < -0.39 is 23.6 Å². The first kappa shape index (κ1) is 26.3. The predicted molar refractivity (Wildman–Crippen MR) is 132 cm³/mol. The number of alkyl halides is 1. The molecule has 3 nitrogen and oxygen atoms in total. The van der Waals surface area contributed by atoms with E-state index in [-0.39, 0.29) is 19.0 Å². The molecule has 1 aromatic rings. The summed E-state index contributed by atoms with van der Waals surface area (Å²) in [6, 6.07) is 3.17. The zero-order chi connectivity index (χ0) is 24.8. The molecule has 1 aromatic carbocycles. The average molecular weight is 493 g/mol. The number of rotatable bonds is 8. The lowest BCUT2D eigenvalue weighted by molar-refractivity contribution is -0.213. The van der Waals surface area contributed by atoms with E-state index >= 15 is 0 Å². The van der Waals surface area contributed by atoms with Gasteiger partial charge in [0.1, 0.15) is 0 Å². The number of hydrogen-bond donors (Lipinski definition) is 0. The molecule has 0 N–H and O–H groups in total. The molecule has 0 bridgehead atoms. The fourth-order valence-electron chi connectivity index (χ4n) is 5.89. The van der Waals surface area contributed by atoms with Gasteiger partial charge >= 0.3 is 0 Å². The second-order valence-electron chi connectivity index (χ2n) is 10.4. The van der Waals surface area contributed by atoms with Gasteiger partial charge in [0.05, 0.1) is 19.8 Å². The van der Waals surface area contributed by atoms with Crippen LogP contribution in [0.5, 0.6) is 5.75 Å². The largest absolute Gasteiger partial charge is 0.491 e. The van der Waals surface area contributed by atoms with Gasteiger partial charge in [0.15, 0.2) is 23.5 Å². The van der Waals surface area contributed by atoms with Crippen LogP contribution in [0.3, 0.4) is 0 Å². The summed E-state index contributed by atoms with van der Waals surface area (Å²) in [7, 11) is 0. The maximum Gasteiger partial charge on any atom is 0.201 e.